The summed E-state index contributed by atoms with van der Waals surface area (Å²) in [6, 6.07) is 14.3. The van der Waals surface area contributed by atoms with Crippen LogP contribution in [-0.2, 0) is 6.54 Å². The summed E-state index contributed by atoms with van der Waals surface area (Å²) in [6.45, 7) is 7.53. The maximum Gasteiger partial charge on any atom is 0.0543 e. The van der Waals surface area contributed by atoms with Crippen molar-refractivity contribution in [1.29, 1.82) is 0 Å². The molecule has 0 bridgehead atoms. The van der Waals surface area contributed by atoms with Crippen molar-refractivity contribution in [1.82, 2.24) is 9.88 Å². The van der Waals surface area contributed by atoms with Crippen LogP contribution in [0, 0.1) is 0 Å². The number of nitrogens with zero attached hydrogens (tertiary/aromatic N) is 2. The highest BCUT2D eigenvalue weighted by molar-refractivity contribution is 5.40. The van der Waals surface area contributed by atoms with Gasteiger partial charge in [0.15, 0.2) is 0 Å². The largest absolute Gasteiger partial charge is 0.399 e. The molecular formula is C18H25N3. The van der Waals surface area contributed by atoms with Crippen molar-refractivity contribution in [3.05, 3.63) is 59.9 Å². The van der Waals surface area contributed by atoms with Crippen molar-refractivity contribution < 1.29 is 0 Å². The van der Waals surface area contributed by atoms with Crippen LogP contribution < -0.4 is 5.73 Å². The molecule has 0 saturated carbocycles. The average molecular weight is 283 g/mol. The van der Waals surface area contributed by atoms with Gasteiger partial charge >= 0.3 is 0 Å². The van der Waals surface area contributed by atoms with Gasteiger partial charge < -0.3 is 5.73 Å². The molecule has 0 spiro atoms. The third kappa shape index (κ3) is 4.87. The third-order valence-electron chi connectivity index (χ3n) is 3.94. The van der Waals surface area contributed by atoms with Gasteiger partial charge in [0.2, 0.25) is 0 Å². The Balaban J connectivity index is 1.86. The highest BCUT2D eigenvalue weighted by Crippen LogP contribution is 2.20. The van der Waals surface area contributed by atoms with E-state index in [9.17, 15) is 0 Å². The molecule has 3 nitrogen and oxygen atoms in total. The molecule has 0 fully saturated rings. The van der Waals surface area contributed by atoms with Crippen LogP contribution in [0.4, 0.5) is 5.69 Å². The van der Waals surface area contributed by atoms with E-state index in [-0.39, 0.29) is 0 Å². The number of anilines is 1. The monoisotopic (exact) mass is 283 g/mol. The number of hydrogen-bond donors (Lipinski definition) is 1. The molecule has 21 heavy (non-hydrogen) atoms. The summed E-state index contributed by atoms with van der Waals surface area (Å²) in [6.07, 6.45) is 3.00. The molecule has 1 atom stereocenters. The fourth-order valence-corrected chi connectivity index (χ4v) is 2.44. The molecule has 0 aliphatic carbocycles. The molecule has 1 unspecified atom stereocenters. The highest BCUT2D eigenvalue weighted by atomic mass is 15.1. The molecule has 3 heteroatoms. The second kappa shape index (κ2) is 7.79. The Morgan fingerprint density at radius 2 is 1.90 bits per heavy atom. The molecule has 0 radical (unpaired) electrons. The quantitative estimate of drug-likeness (QED) is 0.788. The lowest BCUT2D eigenvalue weighted by Crippen LogP contribution is -2.25. The smallest absolute Gasteiger partial charge is 0.0543 e. The van der Waals surface area contributed by atoms with Gasteiger partial charge in [-0.05, 0) is 55.3 Å². The van der Waals surface area contributed by atoms with Gasteiger partial charge in [-0.2, -0.15) is 0 Å². The first-order valence-electron chi connectivity index (χ1n) is 7.66. The number of nitrogens with two attached hydrogens (primary N) is 1. The molecule has 1 heterocycles. The van der Waals surface area contributed by atoms with Crippen LogP contribution in [0.2, 0.25) is 0 Å². The topological polar surface area (TPSA) is 42.1 Å². The van der Waals surface area contributed by atoms with Gasteiger partial charge in [0.1, 0.15) is 0 Å². The van der Waals surface area contributed by atoms with E-state index in [0.29, 0.717) is 5.92 Å². The van der Waals surface area contributed by atoms with Gasteiger partial charge in [-0.25, -0.2) is 0 Å². The number of benzene rings is 1. The molecule has 0 aliphatic rings. The predicted octanol–water partition coefficient (Wildman–Crippen LogP) is 3.68. The third-order valence-corrected chi connectivity index (χ3v) is 3.94. The van der Waals surface area contributed by atoms with E-state index < -0.39 is 0 Å². The van der Waals surface area contributed by atoms with E-state index in [1.807, 2.05) is 30.5 Å². The Kier molecular flexibility index (Phi) is 5.76. The van der Waals surface area contributed by atoms with Crippen LogP contribution in [0.1, 0.15) is 37.4 Å². The van der Waals surface area contributed by atoms with E-state index in [1.54, 1.807) is 0 Å². The number of pyridine rings is 1. The lowest BCUT2D eigenvalue weighted by atomic mass is 9.97. The van der Waals surface area contributed by atoms with Crippen molar-refractivity contribution in [2.45, 2.75) is 32.7 Å². The van der Waals surface area contributed by atoms with Gasteiger partial charge in [0, 0.05) is 18.4 Å². The van der Waals surface area contributed by atoms with Gasteiger partial charge in [0.25, 0.3) is 0 Å². The Hall–Kier alpha value is -1.87. The lowest BCUT2D eigenvalue weighted by molar-refractivity contribution is 0.267. The molecule has 0 aliphatic heterocycles. The summed E-state index contributed by atoms with van der Waals surface area (Å²) in [7, 11) is 0. The first kappa shape index (κ1) is 15.5. The van der Waals surface area contributed by atoms with Crippen molar-refractivity contribution >= 4 is 5.69 Å². The molecule has 0 saturated heterocycles. The summed E-state index contributed by atoms with van der Waals surface area (Å²) in [5.41, 5.74) is 9.07. The van der Waals surface area contributed by atoms with E-state index in [1.165, 1.54) is 5.56 Å². The second-order valence-electron chi connectivity index (χ2n) is 5.55. The molecule has 1 aromatic heterocycles. The SMILES string of the molecule is CCN(CCC(C)c1ccc(N)cc1)Cc1ccccn1. The summed E-state index contributed by atoms with van der Waals surface area (Å²) in [4.78, 5) is 6.85. The van der Waals surface area contributed by atoms with Crippen LogP contribution in [-0.4, -0.2) is 23.0 Å². The number of rotatable bonds is 7. The van der Waals surface area contributed by atoms with Crippen molar-refractivity contribution in [2.24, 2.45) is 0 Å². The number of aromatic nitrogens is 1. The van der Waals surface area contributed by atoms with Crippen LogP contribution in [0.5, 0.6) is 0 Å². The normalized spacial score (nSPS) is 12.5. The van der Waals surface area contributed by atoms with Crippen molar-refractivity contribution in [2.75, 3.05) is 18.8 Å². The first-order valence-corrected chi connectivity index (χ1v) is 7.66. The molecule has 2 rings (SSSR count). The maximum atomic E-state index is 5.74. The Morgan fingerprint density at radius 1 is 1.14 bits per heavy atom. The number of hydrogen-bond acceptors (Lipinski definition) is 3. The Labute approximate surface area is 127 Å². The molecule has 112 valence electrons. The average Bonchev–Trinajstić information content (AvgIpc) is 2.52. The summed E-state index contributed by atoms with van der Waals surface area (Å²) >= 11 is 0. The minimum absolute atomic E-state index is 0.545. The van der Waals surface area contributed by atoms with Crippen molar-refractivity contribution in [3.8, 4) is 0 Å². The van der Waals surface area contributed by atoms with Crippen LogP contribution in [0.3, 0.4) is 0 Å². The van der Waals surface area contributed by atoms with Gasteiger partial charge in [-0.15, -0.1) is 0 Å². The van der Waals surface area contributed by atoms with Crippen molar-refractivity contribution in [3.63, 3.8) is 0 Å². The van der Waals surface area contributed by atoms with Crippen LogP contribution in [0.15, 0.2) is 48.7 Å². The summed E-state index contributed by atoms with van der Waals surface area (Å²) in [5, 5.41) is 0. The minimum atomic E-state index is 0.545. The molecule has 2 aromatic rings. The Morgan fingerprint density at radius 3 is 2.52 bits per heavy atom. The molecule has 0 amide bonds. The van der Waals surface area contributed by atoms with Crippen LogP contribution in [0.25, 0.3) is 0 Å². The predicted molar refractivity (Wildman–Crippen MR) is 89.1 cm³/mol. The zero-order valence-electron chi connectivity index (χ0n) is 13.0. The summed E-state index contributed by atoms with van der Waals surface area (Å²) < 4.78 is 0. The van der Waals surface area contributed by atoms with E-state index >= 15 is 0 Å². The highest BCUT2D eigenvalue weighted by Gasteiger charge is 2.09. The zero-order valence-corrected chi connectivity index (χ0v) is 13.0. The fraction of sp³-hybridized carbons (Fsp3) is 0.389. The standard InChI is InChI=1S/C18H25N3/c1-3-21(14-18-6-4-5-12-20-18)13-11-15(2)16-7-9-17(19)10-8-16/h4-10,12,15H,3,11,13-14,19H2,1-2H3. The summed E-state index contributed by atoms with van der Waals surface area (Å²) in [5.74, 6) is 0.545. The second-order valence-corrected chi connectivity index (χ2v) is 5.55. The van der Waals surface area contributed by atoms with Gasteiger partial charge in [-0.1, -0.05) is 32.0 Å². The van der Waals surface area contributed by atoms with Gasteiger partial charge in [-0.3, -0.25) is 9.88 Å². The lowest BCUT2D eigenvalue weighted by Gasteiger charge is -2.22. The fourth-order valence-electron chi connectivity index (χ4n) is 2.44. The molecular weight excluding hydrogens is 258 g/mol. The zero-order chi connectivity index (χ0) is 15.1. The Bertz CT molecular complexity index is 522. The first-order chi connectivity index (χ1) is 10.2. The minimum Gasteiger partial charge on any atom is -0.399 e. The van der Waals surface area contributed by atoms with E-state index in [2.05, 4.69) is 41.9 Å². The van der Waals surface area contributed by atoms with E-state index in [4.69, 9.17) is 5.73 Å². The molecule has 1 aromatic carbocycles. The number of nitrogen functional groups attached to an aromatic ring is 1. The van der Waals surface area contributed by atoms with Crippen LogP contribution >= 0.6 is 0 Å². The van der Waals surface area contributed by atoms with E-state index in [0.717, 1.165) is 37.4 Å². The molecule has 2 N–H and O–H groups in total. The maximum absolute atomic E-state index is 5.74. The van der Waals surface area contributed by atoms with Gasteiger partial charge in [0.05, 0.1) is 5.69 Å².